The molecular formula is C11H24N2. The van der Waals surface area contributed by atoms with Crippen molar-refractivity contribution in [2.24, 2.45) is 11.3 Å². The molecule has 1 aliphatic carbocycles. The van der Waals surface area contributed by atoms with Gasteiger partial charge in [0, 0.05) is 19.6 Å². The summed E-state index contributed by atoms with van der Waals surface area (Å²) in [5, 5.41) is 3.35. The van der Waals surface area contributed by atoms with Gasteiger partial charge >= 0.3 is 0 Å². The molecule has 1 fully saturated rings. The van der Waals surface area contributed by atoms with E-state index in [2.05, 4.69) is 38.0 Å². The Labute approximate surface area is 82.7 Å². The molecule has 1 rings (SSSR count). The Bertz CT molecular complexity index is 154. The highest BCUT2D eigenvalue weighted by molar-refractivity contribution is 4.96. The molecule has 1 unspecified atom stereocenters. The standard InChI is InChI=1S/C11H24N2/c1-5-12-6-7-13(4)9-10-8-11(10,2)3/h10,12H,5-9H2,1-4H3. The summed E-state index contributed by atoms with van der Waals surface area (Å²) in [5.41, 5.74) is 0.631. The highest BCUT2D eigenvalue weighted by Gasteiger charge is 2.45. The highest BCUT2D eigenvalue weighted by Crippen LogP contribution is 2.51. The molecule has 1 aliphatic rings. The second kappa shape index (κ2) is 4.43. The van der Waals surface area contributed by atoms with E-state index in [9.17, 15) is 0 Å². The lowest BCUT2D eigenvalue weighted by atomic mass is 10.1. The fourth-order valence-corrected chi connectivity index (χ4v) is 1.80. The summed E-state index contributed by atoms with van der Waals surface area (Å²) in [6.45, 7) is 11.6. The molecule has 0 aromatic carbocycles. The Morgan fingerprint density at radius 2 is 2.08 bits per heavy atom. The molecule has 13 heavy (non-hydrogen) atoms. The first kappa shape index (κ1) is 11.0. The van der Waals surface area contributed by atoms with Crippen LogP contribution in [0.1, 0.15) is 27.2 Å². The predicted molar refractivity (Wildman–Crippen MR) is 57.9 cm³/mol. The summed E-state index contributed by atoms with van der Waals surface area (Å²) in [6.07, 6.45) is 1.42. The second-order valence-electron chi connectivity index (χ2n) is 5.01. The van der Waals surface area contributed by atoms with Gasteiger partial charge in [-0.2, -0.15) is 0 Å². The Balaban J connectivity index is 2.02. The van der Waals surface area contributed by atoms with Crippen LogP contribution in [0.25, 0.3) is 0 Å². The molecule has 1 saturated carbocycles. The average molecular weight is 184 g/mol. The summed E-state index contributed by atoms with van der Waals surface area (Å²) in [6, 6.07) is 0. The van der Waals surface area contributed by atoms with Crippen molar-refractivity contribution >= 4 is 0 Å². The van der Waals surface area contributed by atoms with Crippen LogP contribution in [0.2, 0.25) is 0 Å². The van der Waals surface area contributed by atoms with Crippen LogP contribution in [0.3, 0.4) is 0 Å². The minimum Gasteiger partial charge on any atom is -0.316 e. The van der Waals surface area contributed by atoms with Crippen molar-refractivity contribution in [2.45, 2.75) is 27.2 Å². The predicted octanol–water partition coefficient (Wildman–Crippen LogP) is 1.57. The average Bonchev–Trinajstić information content (AvgIpc) is 2.59. The number of rotatable bonds is 6. The van der Waals surface area contributed by atoms with Gasteiger partial charge in [-0.05, 0) is 31.3 Å². The molecule has 0 saturated heterocycles. The lowest BCUT2D eigenvalue weighted by Gasteiger charge is -2.17. The first-order chi connectivity index (χ1) is 6.06. The van der Waals surface area contributed by atoms with Crippen LogP contribution < -0.4 is 5.32 Å². The number of hydrogen-bond acceptors (Lipinski definition) is 2. The quantitative estimate of drug-likeness (QED) is 0.630. The fraction of sp³-hybridized carbons (Fsp3) is 1.00. The molecule has 1 atom stereocenters. The molecule has 0 heterocycles. The Kier molecular flexibility index (Phi) is 3.74. The van der Waals surface area contributed by atoms with E-state index in [0.29, 0.717) is 5.41 Å². The molecular weight excluding hydrogens is 160 g/mol. The van der Waals surface area contributed by atoms with Crippen LogP contribution >= 0.6 is 0 Å². The number of hydrogen-bond donors (Lipinski definition) is 1. The van der Waals surface area contributed by atoms with Crippen LogP contribution in [-0.2, 0) is 0 Å². The normalized spacial score (nSPS) is 25.2. The zero-order valence-electron chi connectivity index (χ0n) is 9.56. The first-order valence-corrected chi connectivity index (χ1v) is 5.45. The van der Waals surface area contributed by atoms with Gasteiger partial charge in [0.1, 0.15) is 0 Å². The zero-order valence-corrected chi connectivity index (χ0v) is 9.56. The summed E-state index contributed by atoms with van der Waals surface area (Å²) in [4.78, 5) is 2.45. The fourth-order valence-electron chi connectivity index (χ4n) is 1.80. The minimum atomic E-state index is 0.631. The van der Waals surface area contributed by atoms with Crippen LogP contribution in [0.4, 0.5) is 0 Å². The van der Waals surface area contributed by atoms with E-state index < -0.39 is 0 Å². The van der Waals surface area contributed by atoms with E-state index in [4.69, 9.17) is 0 Å². The molecule has 2 heteroatoms. The molecule has 0 aromatic rings. The maximum atomic E-state index is 3.35. The lowest BCUT2D eigenvalue weighted by molar-refractivity contribution is 0.302. The van der Waals surface area contributed by atoms with Crippen molar-refractivity contribution in [3.63, 3.8) is 0 Å². The third-order valence-electron chi connectivity index (χ3n) is 3.17. The van der Waals surface area contributed by atoms with Crippen molar-refractivity contribution < 1.29 is 0 Å². The molecule has 78 valence electrons. The van der Waals surface area contributed by atoms with Gasteiger partial charge in [0.25, 0.3) is 0 Å². The molecule has 2 nitrogen and oxygen atoms in total. The summed E-state index contributed by atoms with van der Waals surface area (Å²) < 4.78 is 0. The van der Waals surface area contributed by atoms with E-state index in [0.717, 1.165) is 19.0 Å². The molecule has 1 N–H and O–H groups in total. The molecule has 0 bridgehead atoms. The Morgan fingerprint density at radius 1 is 1.46 bits per heavy atom. The van der Waals surface area contributed by atoms with Crippen molar-refractivity contribution in [1.29, 1.82) is 0 Å². The molecule has 0 aliphatic heterocycles. The number of nitrogens with one attached hydrogen (secondary N) is 1. The molecule has 0 amide bonds. The topological polar surface area (TPSA) is 15.3 Å². The summed E-state index contributed by atoms with van der Waals surface area (Å²) in [7, 11) is 2.23. The maximum absolute atomic E-state index is 3.35. The number of nitrogens with zero attached hydrogens (tertiary/aromatic N) is 1. The van der Waals surface area contributed by atoms with Gasteiger partial charge < -0.3 is 10.2 Å². The van der Waals surface area contributed by atoms with Crippen molar-refractivity contribution in [3.05, 3.63) is 0 Å². The summed E-state index contributed by atoms with van der Waals surface area (Å²) in [5.74, 6) is 0.944. The zero-order chi connectivity index (χ0) is 9.90. The maximum Gasteiger partial charge on any atom is 0.0104 e. The monoisotopic (exact) mass is 184 g/mol. The largest absolute Gasteiger partial charge is 0.316 e. The van der Waals surface area contributed by atoms with E-state index in [1.54, 1.807) is 0 Å². The SMILES string of the molecule is CCNCCN(C)CC1CC1(C)C. The van der Waals surface area contributed by atoms with E-state index >= 15 is 0 Å². The highest BCUT2D eigenvalue weighted by atomic mass is 15.1. The van der Waals surface area contributed by atoms with Crippen molar-refractivity contribution in [2.75, 3.05) is 33.2 Å². The Hall–Kier alpha value is -0.0800. The lowest BCUT2D eigenvalue weighted by Crippen LogP contribution is -2.31. The van der Waals surface area contributed by atoms with E-state index in [1.165, 1.54) is 19.5 Å². The van der Waals surface area contributed by atoms with E-state index in [-0.39, 0.29) is 0 Å². The Morgan fingerprint density at radius 3 is 2.54 bits per heavy atom. The minimum absolute atomic E-state index is 0.631. The van der Waals surface area contributed by atoms with Crippen molar-refractivity contribution in [1.82, 2.24) is 10.2 Å². The summed E-state index contributed by atoms with van der Waals surface area (Å²) >= 11 is 0. The van der Waals surface area contributed by atoms with E-state index in [1.807, 2.05) is 0 Å². The smallest absolute Gasteiger partial charge is 0.0104 e. The third-order valence-corrected chi connectivity index (χ3v) is 3.17. The van der Waals surface area contributed by atoms with Crippen LogP contribution in [-0.4, -0.2) is 38.1 Å². The van der Waals surface area contributed by atoms with Gasteiger partial charge in [-0.3, -0.25) is 0 Å². The third kappa shape index (κ3) is 3.65. The van der Waals surface area contributed by atoms with Crippen molar-refractivity contribution in [3.8, 4) is 0 Å². The molecule has 0 spiro atoms. The van der Waals surface area contributed by atoms with Gasteiger partial charge in [0.15, 0.2) is 0 Å². The van der Waals surface area contributed by atoms with Gasteiger partial charge in [0.05, 0.1) is 0 Å². The van der Waals surface area contributed by atoms with Gasteiger partial charge in [0.2, 0.25) is 0 Å². The van der Waals surface area contributed by atoms with Gasteiger partial charge in [-0.15, -0.1) is 0 Å². The first-order valence-electron chi connectivity index (χ1n) is 5.45. The van der Waals surface area contributed by atoms with Crippen LogP contribution in [0.5, 0.6) is 0 Å². The second-order valence-corrected chi connectivity index (χ2v) is 5.01. The molecule has 0 radical (unpaired) electrons. The van der Waals surface area contributed by atoms with Gasteiger partial charge in [-0.25, -0.2) is 0 Å². The van der Waals surface area contributed by atoms with Crippen LogP contribution in [0, 0.1) is 11.3 Å². The molecule has 0 aromatic heterocycles. The van der Waals surface area contributed by atoms with Crippen LogP contribution in [0.15, 0.2) is 0 Å². The number of likely N-dealkylation sites (N-methyl/N-ethyl adjacent to an activating group) is 2. The van der Waals surface area contributed by atoms with Gasteiger partial charge in [-0.1, -0.05) is 20.8 Å².